The van der Waals surface area contributed by atoms with Crippen LogP contribution in [0.2, 0.25) is 0 Å². The molecule has 2 atom stereocenters. The molecule has 1 aliphatic rings. The number of aromatic nitrogens is 2. The largest absolute Gasteiger partial charge is 0.462 e. The molecule has 1 amide bonds. The fraction of sp³-hybridized carbons (Fsp3) is 0.258. The molecule has 2 aromatic heterocycles. The standard InChI is InChI=1S/C31H31N5O4S2/c1-17-14-24(41)28(30(42)27(17)22(38)12-9-20-10-13-26(34-16-20)36-19(3)37)31(33-4,25(39)15-32)40-23-7-5-6-21-11-8-18(2)35-29(21)23/h5-13,16,28,33H,14-15,32H2,1-4H3,(H,34,36,37). The number of hydrogen-bond donors (Lipinski definition) is 3. The molecule has 0 radical (unpaired) electrons. The quantitative estimate of drug-likeness (QED) is 0.177. The van der Waals surface area contributed by atoms with E-state index in [4.69, 9.17) is 34.9 Å². The van der Waals surface area contributed by atoms with Gasteiger partial charge < -0.3 is 15.8 Å². The predicted octanol–water partition coefficient (Wildman–Crippen LogP) is 4.08. The highest BCUT2D eigenvalue weighted by molar-refractivity contribution is 7.82. The second kappa shape index (κ2) is 12.9. The van der Waals surface area contributed by atoms with Crippen molar-refractivity contribution in [3.63, 3.8) is 0 Å². The zero-order chi connectivity index (χ0) is 30.6. The summed E-state index contributed by atoms with van der Waals surface area (Å²) in [4.78, 5) is 47.9. The Morgan fingerprint density at radius 3 is 2.55 bits per heavy atom. The van der Waals surface area contributed by atoms with Gasteiger partial charge in [-0.05, 0) is 62.9 Å². The highest BCUT2D eigenvalue weighted by Gasteiger charge is 2.52. The maximum Gasteiger partial charge on any atom is 0.233 e. The monoisotopic (exact) mass is 601 g/mol. The average molecular weight is 602 g/mol. The second-order valence-corrected chi connectivity index (χ2v) is 10.9. The third kappa shape index (κ3) is 6.24. The molecule has 11 heteroatoms. The van der Waals surface area contributed by atoms with E-state index in [1.165, 1.54) is 19.2 Å². The number of Topliss-reactive ketones (excluding diaryl/α,β-unsaturated/α-hetero) is 1. The van der Waals surface area contributed by atoms with Crippen LogP contribution in [-0.2, 0) is 14.4 Å². The molecule has 3 aromatic rings. The van der Waals surface area contributed by atoms with Gasteiger partial charge in [-0.1, -0.05) is 48.2 Å². The Kier molecular flexibility index (Phi) is 9.47. The predicted molar refractivity (Wildman–Crippen MR) is 172 cm³/mol. The number of nitrogens with two attached hydrogens (primary N) is 1. The van der Waals surface area contributed by atoms with Gasteiger partial charge in [0.2, 0.25) is 17.4 Å². The number of para-hydroxylation sites is 1. The summed E-state index contributed by atoms with van der Waals surface area (Å²) in [5, 5.41) is 6.45. The number of rotatable bonds is 10. The number of aryl methyl sites for hydroxylation is 1. The Hall–Kier alpha value is -4.03. The number of ketones is 2. The molecule has 4 rings (SSSR count). The van der Waals surface area contributed by atoms with E-state index in [-0.39, 0.29) is 29.5 Å². The van der Waals surface area contributed by atoms with Gasteiger partial charge in [0.15, 0.2) is 5.78 Å². The van der Waals surface area contributed by atoms with Gasteiger partial charge in [-0.25, -0.2) is 9.97 Å². The van der Waals surface area contributed by atoms with Crippen molar-refractivity contribution in [1.29, 1.82) is 0 Å². The molecule has 0 saturated heterocycles. The zero-order valence-electron chi connectivity index (χ0n) is 23.7. The van der Waals surface area contributed by atoms with Gasteiger partial charge >= 0.3 is 0 Å². The molecule has 0 aliphatic heterocycles. The van der Waals surface area contributed by atoms with Crippen LogP contribution in [0, 0.1) is 12.8 Å². The molecule has 0 spiro atoms. The third-order valence-electron chi connectivity index (χ3n) is 6.93. The molecular formula is C31H31N5O4S2. The molecule has 0 bridgehead atoms. The van der Waals surface area contributed by atoms with Crippen LogP contribution in [-0.4, -0.2) is 56.5 Å². The first-order chi connectivity index (χ1) is 20.0. The van der Waals surface area contributed by atoms with Crippen molar-refractivity contribution in [3.05, 3.63) is 77.1 Å². The topological polar surface area (TPSA) is 136 Å². The minimum Gasteiger partial charge on any atom is -0.462 e. The molecule has 0 saturated carbocycles. The van der Waals surface area contributed by atoms with Crippen LogP contribution in [0.25, 0.3) is 17.0 Å². The molecular weight excluding hydrogens is 571 g/mol. The van der Waals surface area contributed by atoms with E-state index in [0.717, 1.165) is 11.1 Å². The minimum absolute atomic E-state index is 0.193. The number of carbonyl (C=O) groups excluding carboxylic acids is 3. The van der Waals surface area contributed by atoms with E-state index in [2.05, 4.69) is 20.6 Å². The van der Waals surface area contributed by atoms with Gasteiger partial charge in [0, 0.05) is 45.9 Å². The number of hydrogen-bond acceptors (Lipinski definition) is 10. The highest BCUT2D eigenvalue weighted by atomic mass is 32.1. The molecule has 2 heterocycles. The molecule has 9 nitrogen and oxygen atoms in total. The van der Waals surface area contributed by atoms with Crippen molar-refractivity contribution in [1.82, 2.24) is 15.3 Å². The van der Waals surface area contributed by atoms with Gasteiger partial charge in [0.25, 0.3) is 0 Å². The number of pyridine rings is 2. The maximum absolute atomic E-state index is 13.6. The number of nitrogens with one attached hydrogen (secondary N) is 2. The first-order valence-corrected chi connectivity index (χ1v) is 14.0. The third-order valence-corrected chi connectivity index (χ3v) is 7.75. The van der Waals surface area contributed by atoms with E-state index in [9.17, 15) is 14.4 Å². The number of allylic oxidation sites excluding steroid dienone is 3. The van der Waals surface area contributed by atoms with E-state index in [0.29, 0.717) is 38.7 Å². The lowest BCUT2D eigenvalue weighted by Crippen LogP contribution is -2.66. The Labute approximate surface area is 254 Å². The zero-order valence-corrected chi connectivity index (χ0v) is 25.3. The van der Waals surface area contributed by atoms with Crippen molar-refractivity contribution in [2.24, 2.45) is 11.7 Å². The Morgan fingerprint density at radius 1 is 1.14 bits per heavy atom. The number of nitrogens with zero attached hydrogens (tertiary/aromatic N) is 2. The van der Waals surface area contributed by atoms with Crippen LogP contribution in [0.15, 0.2) is 65.9 Å². The summed E-state index contributed by atoms with van der Waals surface area (Å²) in [6.45, 7) is 4.70. The van der Waals surface area contributed by atoms with Crippen molar-refractivity contribution < 1.29 is 19.1 Å². The number of likely N-dealkylation sites (N-methyl/N-ethyl adjacent to an activating group) is 1. The van der Waals surface area contributed by atoms with Crippen LogP contribution in [0.4, 0.5) is 5.82 Å². The molecule has 2 unspecified atom stereocenters. The molecule has 1 aliphatic carbocycles. The summed E-state index contributed by atoms with van der Waals surface area (Å²) in [6, 6.07) is 12.6. The summed E-state index contributed by atoms with van der Waals surface area (Å²) in [5.74, 6) is -1.24. The molecule has 42 heavy (non-hydrogen) atoms. The Balaban J connectivity index is 1.71. The van der Waals surface area contributed by atoms with Gasteiger partial charge in [0.05, 0.1) is 12.5 Å². The number of carbonyl (C=O) groups is 3. The SMILES string of the molecule is CNC(Oc1cccc2ccc(C)nc12)(C(=O)CN)C1C(=S)CC(C)=C(C(=O)C=Cc2ccc(NC(C)=O)nc2)C1=S. The van der Waals surface area contributed by atoms with Crippen LogP contribution >= 0.6 is 24.4 Å². The summed E-state index contributed by atoms with van der Waals surface area (Å²) in [5.41, 5.74) is 7.11. The fourth-order valence-corrected chi connectivity index (χ4v) is 6.10. The van der Waals surface area contributed by atoms with Crippen LogP contribution in [0.1, 0.15) is 31.5 Å². The summed E-state index contributed by atoms with van der Waals surface area (Å²) in [7, 11) is 1.58. The van der Waals surface area contributed by atoms with Crippen molar-refractivity contribution in [2.45, 2.75) is 32.9 Å². The Morgan fingerprint density at radius 2 is 1.90 bits per heavy atom. The number of benzene rings is 1. The first-order valence-electron chi connectivity index (χ1n) is 13.2. The summed E-state index contributed by atoms with van der Waals surface area (Å²) < 4.78 is 6.52. The maximum atomic E-state index is 13.6. The van der Waals surface area contributed by atoms with Crippen molar-refractivity contribution in [2.75, 3.05) is 18.9 Å². The van der Waals surface area contributed by atoms with Gasteiger partial charge in [-0.3, -0.25) is 19.7 Å². The van der Waals surface area contributed by atoms with Gasteiger partial charge in [-0.2, -0.15) is 0 Å². The Bertz CT molecular complexity index is 1670. The highest BCUT2D eigenvalue weighted by Crippen LogP contribution is 2.37. The van der Waals surface area contributed by atoms with Crippen molar-refractivity contribution in [3.8, 4) is 5.75 Å². The fourth-order valence-electron chi connectivity index (χ4n) is 4.95. The number of anilines is 1. The summed E-state index contributed by atoms with van der Waals surface area (Å²) >= 11 is 11.7. The first kappa shape index (κ1) is 30.9. The van der Waals surface area contributed by atoms with Crippen molar-refractivity contribution >= 4 is 74.4 Å². The molecule has 0 fully saturated rings. The van der Waals surface area contributed by atoms with Gasteiger partial charge in [0.1, 0.15) is 17.1 Å². The van der Waals surface area contributed by atoms with E-state index < -0.39 is 17.4 Å². The van der Waals surface area contributed by atoms with E-state index >= 15 is 0 Å². The lowest BCUT2D eigenvalue weighted by atomic mass is 9.75. The number of amides is 1. The van der Waals surface area contributed by atoms with Crippen LogP contribution in [0.3, 0.4) is 0 Å². The van der Waals surface area contributed by atoms with E-state index in [1.807, 2.05) is 25.1 Å². The van der Waals surface area contributed by atoms with Crippen LogP contribution < -0.4 is 21.1 Å². The normalized spacial score (nSPS) is 16.9. The number of ether oxygens (including phenoxy) is 1. The van der Waals surface area contributed by atoms with Crippen LogP contribution in [0.5, 0.6) is 5.75 Å². The lowest BCUT2D eigenvalue weighted by Gasteiger charge is -2.42. The molecule has 216 valence electrons. The smallest absolute Gasteiger partial charge is 0.233 e. The molecule has 4 N–H and O–H groups in total. The minimum atomic E-state index is -1.78. The second-order valence-electron chi connectivity index (χ2n) is 9.95. The average Bonchev–Trinajstić information content (AvgIpc) is 2.95. The number of fused-ring (bicyclic) bond motifs is 1. The number of thiocarbonyl (C=S) groups is 2. The van der Waals surface area contributed by atoms with Gasteiger partial charge in [-0.15, -0.1) is 0 Å². The molecule has 1 aromatic carbocycles. The lowest BCUT2D eigenvalue weighted by molar-refractivity contribution is -0.136. The van der Waals surface area contributed by atoms with E-state index in [1.54, 1.807) is 44.3 Å². The summed E-state index contributed by atoms with van der Waals surface area (Å²) in [6.07, 6.45) is 4.80.